The Morgan fingerprint density at radius 1 is 0.895 bits per heavy atom. The number of rotatable bonds is 4. The average molecular weight is 273 g/mol. The zero-order chi connectivity index (χ0) is 13.8. The van der Waals surface area contributed by atoms with Gasteiger partial charge in [0, 0.05) is 5.02 Å². The normalized spacial score (nSPS) is 12.7. The van der Waals surface area contributed by atoms with Crippen LogP contribution in [0.25, 0.3) is 0 Å². The summed E-state index contributed by atoms with van der Waals surface area (Å²) in [5, 5.41) is 0.819. The summed E-state index contributed by atoms with van der Waals surface area (Å²) in [5.74, 6) is 1.09. The van der Waals surface area contributed by atoms with E-state index in [1.54, 1.807) is 0 Å². The zero-order valence-electron chi connectivity index (χ0n) is 11.9. The van der Waals surface area contributed by atoms with E-state index in [0.717, 1.165) is 11.4 Å². The molecule has 1 unspecified atom stereocenters. The third-order valence-corrected chi connectivity index (χ3v) is 3.84. The second kappa shape index (κ2) is 6.25. The van der Waals surface area contributed by atoms with Gasteiger partial charge in [0.15, 0.2) is 0 Å². The monoisotopic (exact) mass is 272 g/mol. The standard InChI is InChI=1S/C18H21Cl/c1-13(2)16-9-7-15(8-10-16)11-14(3)17-5-4-6-18(19)12-17/h4-10,12-14H,11H2,1-3H3. The van der Waals surface area contributed by atoms with Crippen LogP contribution in [0.5, 0.6) is 0 Å². The molecule has 0 aliphatic carbocycles. The van der Waals surface area contributed by atoms with Gasteiger partial charge in [-0.05, 0) is 47.1 Å². The lowest BCUT2D eigenvalue weighted by Crippen LogP contribution is -1.99. The molecule has 2 rings (SSSR count). The van der Waals surface area contributed by atoms with E-state index in [9.17, 15) is 0 Å². The van der Waals surface area contributed by atoms with Crippen molar-refractivity contribution in [2.24, 2.45) is 0 Å². The molecule has 0 nitrogen and oxygen atoms in total. The van der Waals surface area contributed by atoms with Crippen molar-refractivity contribution in [1.29, 1.82) is 0 Å². The van der Waals surface area contributed by atoms with Crippen molar-refractivity contribution in [3.8, 4) is 0 Å². The molecule has 1 atom stereocenters. The van der Waals surface area contributed by atoms with E-state index in [-0.39, 0.29) is 0 Å². The first-order valence-corrected chi connectivity index (χ1v) is 7.28. The van der Waals surface area contributed by atoms with Crippen LogP contribution in [-0.4, -0.2) is 0 Å². The highest BCUT2D eigenvalue weighted by Gasteiger charge is 2.07. The Labute approximate surface area is 121 Å². The van der Waals surface area contributed by atoms with Gasteiger partial charge in [-0.15, -0.1) is 0 Å². The van der Waals surface area contributed by atoms with Gasteiger partial charge in [0.25, 0.3) is 0 Å². The fourth-order valence-corrected chi connectivity index (χ4v) is 2.52. The molecular weight excluding hydrogens is 252 g/mol. The van der Waals surface area contributed by atoms with Crippen molar-refractivity contribution in [2.75, 3.05) is 0 Å². The van der Waals surface area contributed by atoms with Gasteiger partial charge in [-0.3, -0.25) is 0 Å². The minimum absolute atomic E-state index is 0.489. The molecule has 1 heteroatoms. The molecule has 0 aromatic heterocycles. The Morgan fingerprint density at radius 2 is 1.58 bits per heavy atom. The highest BCUT2D eigenvalue weighted by atomic mass is 35.5. The van der Waals surface area contributed by atoms with Crippen molar-refractivity contribution < 1.29 is 0 Å². The summed E-state index contributed by atoms with van der Waals surface area (Å²) in [6.07, 6.45) is 1.05. The Kier molecular flexibility index (Phi) is 4.66. The van der Waals surface area contributed by atoms with Crippen molar-refractivity contribution in [1.82, 2.24) is 0 Å². The molecule has 0 bridgehead atoms. The van der Waals surface area contributed by atoms with Gasteiger partial charge in [0.1, 0.15) is 0 Å². The van der Waals surface area contributed by atoms with E-state index in [2.05, 4.69) is 57.2 Å². The number of benzene rings is 2. The summed E-state index contributed by atoms with van der Waals surface area (Å²) in [6, 6.07) is 17.1. The van der Waals surface area contributed by atoms with Gasteiger partial charge in [-0.25, -0.2) is 0 Å². The van der Waals surface area contributed by atoms with E-state index in [4.69, 9.17) is 11.6 Å². The molecule has 100 valence electrons. The molecule has 0 saturated heterocycles. The molecule has 0 heterocycles. The lowest BCUT2D eigenvalue weighted by molar-refractivity contribution is 0.758. The van der Waals surface area contributed by atoms with E-state index in [1.165, 1.54) is 16.7 Å². The molecular formula is C18H21Cl. The van der Waals surface area contributed by atoms with Crippen LogP contribution in [0.4, 0.5) is 0 Å². The minimum Gasteiger partial charge on any atom is -0.0843 e. The van der Waals surface area contributed by atoms with Gasteiger partial charge in [0.2, 0.25) is 0 Å². The highest BCUT2D eigenvalue weighted by molar-refractivity contribution is 6.30. The smallest absolute Gasteiger partial charge is 0.0408 e. The van der Waals surface area contributed by atoms with Crippen molar-refractivity contribution in [3.63, 3.8) is 0 Å². The maximum Gasteiger partial charge on any atom is 0.0408 e. The maximum absolute atomic E-state index is 6.05. The van der Waals surface area contributed by atoms with E-state index in [1.807, 2.05) is 12.1 Å². The summed E-state index contributed by atoms with van der Waals surface area (Å²) in [4.78, 5) is 0. The first kappa shape index (κ1) is 14.1. The van der Waals surface area contributed by atoms with Gasteiger partial charge in [-0.1, -0.05) is 68.8 Å². The molecule has 0 amide bonds. The van der Waals surface area contributed by atoms with Crippen LogP contribution in [0.15, 0.2) is 48.5 Å². The van der Waals surface area contributed by atoms with Crippen LogP contribution < -0.4 is 0 Å². The second-order valence-electron chi connectivity index (χ2n) is 5.56. The highest BCUT2D eigenvalue weighted by Crippen LogP contribution is 2.24. The molecule has 0 aliphatic rings. The lowest BCUT2D eigenvalue weighted by Gasteiger charge is -2.13. The third kappa shape index (κ3) is 3.84. The predicted molar refractivity (Wildman–Crippen MR) is 84.1 cm³/mol. The fourth-order valence-electron chi connectivity index (χ4n) is 2.32. The number of halogens is 1. The van der Waals surface area contributed by atoms with E-state index in [0.29, 0.717) is 11.8 Å². The maximum atomic E-state index is 6.05. The Balaban J connectivity index is 2.08. The largest absolute Gasteiger partial charge is 0.0843 e. The van der Waals surface area contributed by atoms with Gasteiger partial charge >= 0.3 is 0 Å². The van der Waals surface area contributed by atoms with Crippen LogP contribution in [0.1, 0.15) is 49.3 Å². The molecule has 0 saturated carbocycles. The molecule has 2 aromatic carbocycles. The van der Waals surface area contributed by atoms with Crippen LogP contribution in [0.2, 0.25) is 5.02 Å². The molecule has 2 aromatic rings. The zero-order valence-corrected chi connectivity index (χ0v) is 12.6. The number of hydrogen-bond acceptors (Lipinski definition) is 0. The van der Waals surface area contributed by atoms with Crippen LogP contribution in [0.3, 0.4) is 0 Å². The van der Waals surface area contributed by atoms with Crippen molar-refractivity contribution in [3.05, 3.63) is 70.2 Å². The Hall–Kier alpha value is -1.27. The molecule has 0 N–H and O–H groups in total. The third-order valence-electron chi connectivity index (χ3n) is 3.61. The van der Waals surface area contributed by atoms with Crippen LogP contribution in [0, 0.1) is 0 Å². The SMILES string of the molecule is CC(C)c1ccc(CC(C)c2cccc(Cl)c2)cc1. The summed E-state index contributed by atoms with van der Waals surface area (Å²) in [7, 11) is 0. The fraction of sp³-hybridized carbons (Fsp3) is 0.333. The summed E-state index contributed by atoms with van der Waals surface area (Å²) in [6.45, 7) is 6.70. The molecule has 19 heavy (non-hydrogen) atoms. The second-order valence-corrected chi connectivity index (χ2v) is 5.99. The first-order valence-electron chi connectivity index (χ1n) is 6.90. The summed E-state index contributed by atoms with van der Waals surface area (Å²) in [5.41, 5.74) is 4.09. The average Bonchev–Trinajstić information content (AvgIpc) is 2.39. The predicted octanol–water partition coefficient (Wildman–Crippen LogP) is 5.81. The lowest BCUT2D eigenvalue weighted by atomic mass is 9.92. The first-order chi connectivity index (χ1) is 9.06. The van der Waals surface area contributed by atoms with E-state index < -0.39 is 0 Å². The van der Waals surface area contributed by atoms with Crippen LogP contribution >= 0.6 is 11.6 Å². The molecule has 0 radical (unpaired) electrons. The number of hydrogen-bond donors (Lipinski definition) is 0. The van der Waals surface area contributed by atoms with E-state index >= 15 is 0 Å². The molecule has 0 aliphatic heterocycles. The minimum atomic E-state index is 0.489. The van der Waals surface area contributed by atoms with Gasteiger partial charge < -0.3 is 0 Å². The van der Waals surface area contributed by atoms with Crippen LogP contribution in [-0.2, 0) is 6.42 Å². The Bertz CT molecular complexity index is 526. The Morgan fingerprint density at radius 3 is 2.16 bits per heavy atom. The molecule has 0 fully saturated rings. The van der Waals surface area contributed by atoms with Gasteiger partial charge in [0.05, 0.1) is 0 Å². The van der Waals surface area contributed by atoms with Gasteiger partial charge in [-0.2, -0.15) is 0 Å². The summed E-state index contributed by atoms with van der Waals surface area (Å²) >= 11 is 6.05. The van der Waals surface area contributed by atoms with Crippen molar-refractivity contribution >= 4 is 11.6 Å². The van der Waals surface area contributed by atoms with Crippen molar-refractivity contribution in [2.45, 2.75) is 39.0 Å². The quantitative estimate of drug-likeness (QED) is 0.659. The summed E-state index contributed by atoms with van der Waals surface area (Å²) < 4.78 is 0. The molecule has 0 spiro atoms. The topological polar surface area (TPSA) is 0 Å².